The number of benzene rings is 2. The Morgan fingerprint density at radius 2 is 2.00 bits per heavy atom. The zero-order chi connectivity index (χ0) is 13.5. The summed E-state index contributed by atoms with van der Waals surface area (Å²) in [6.45, 7) is 0.333. The summed E-state index contributed by atoms with van der Waals surface area (Å²) in [7, 11) is 0. The highest BCUT2D eigenvalue weighted by atomic mass is 35.5. The maximum atomic E-state index is 8.77. The molecule has 19 heavy (non-hydrogen) atoms. The summed E-state index contributed by atoms with van der Waals surface area (Å²) in [6, 6.07) is 16.6. The fourth-order valence-corrected chi connectivity index (χ4v) is 1.62. The van der Waals surface area contributed by atoms with Gasteiger partial charge in [0.1, 0.15) is 6.61 Å². The second kappa shape index (κ2) is 6.58. The minimum Gasteiger partial charge on any atom is -0.391 e. The molecule has 2 aromatic carbocycles. The molecule has 2 rings (SSSR count). The molecule has 0 aliphatic carbocycles. The van der Waals surface area contributed by atoms with Gasteiger partial charge in [-0.25, -0.2) is 0 Å². The topological polar surface area (TPSA) is 45.4 Å². The van der Waals surface area contributed by atoms with E-state index in [1.54, 1.807) is 30.5 Å². The van der Waals surface area contributed by atoms with Gasteiger partial charge in [0.05, 0.1) is 17.8 Å². The van der Waals surface area contributed by atoms with Crippen LogP contribution in [0.1, 0.15) is 16.7 Å². The molecule has 0 amide bonds. The standard InChI is InChI=1S/C15H11ClN2O/c16-15-6-4-12(5-7-15)10-18-19-11-14-3-1-2-13(8-14)9-17/h1-8,10H,11H2. The lowest BCUT2D eigenvalue weighted by molar-refractivity contribution is 0.132. The minimum atomic E-state index is 0.333. The fraction of sp³-hybridized carbons (Fsp3) is 0.0667. The maximum absolute atomic E-state index is 8.77. The average molecular weight is 271 g/mol. The van der Waals surface area contributed by atoms with Crippen LogP contribution < -0.4 is 0 Å². The van der Waals surface area contributed by atoms with E-state index < -0.39 is 0 Å². The van der Waals surface area contributed by atoms with Gasteiger partial charge in [0.15, 0.2) is 0 Å². The number of hydrogen-bond donors (Lipinski definition) is 0. The number of rotatable bonds is 4. The van der Waals surface area contributed by atoms with Gasteiger partial charge in [-0.2, -0.15) is 5.26 Å². The van der Waals surface area contributed by atoms with Gasteiger partial charge in [0.2, 0.25) is 0 Å². The second-order valence-electron chi connectivity index (χ2n) is 3.87. The highest BCUT2D eigenvalue weighted by Crippen LogP contribution is 2.08. The number of halogens is 1. The lowest BCUT2D eigenvalue weighted by Gasteiger charge is -2.00. The molecule has 4 heteroatoms. The Hall–Kier alpha value is -2.31. The first-order chi connectivity index (χ1) is 9.28. The first kappa shape index (κ1) is 13.1. The third kappa shape index (κ3) is 4.13. The molecule has 3 nitrogen and oxygen atoms in total. The number of oxime groups is 1. The summed E-state index contributed by atoms with van der Waals surface area (Å²) >= 11 is 5.78. The second-order valence-corrected chi connectivity index (χ2v) is 4.31. The fourth-order valence-electron chi connectivity index (χ4n) is 1.49. The lowest BCUT2D eigenvalue weighted by Crippen LogP contribution is -1.89. The summed E-state index contributed by atoms with van der Waals surface area (Å²) < 4.78 is 0. The van der Waals surface area contributed by atoms with Crippen LogP contribution in [-0.2, 0) is 11.4 Å². The van der Waals surface area contributed by atoms with Gasteiger partial charge < -0.3 is 4.84 Å². The van der Waals surface area contributed by atoms with Crippen LogP contribution in [0.15, 0.2) is 53.7 Å². The van der Waals surface area contributed by atoms with Crippen LogP contribution in [0.3, 0.4) is 0 Å². The molecular formula is C15H11ClN2O. The van der Waals surface area contributed by atoms with Gasteiger partial charge in [-0.3, -0.25) is 0 Å². The molecule has 0 fully saturated rings. The molecule has 2 aromatic rings. The predicted molar refractivity (Wildman–Crippen MR) is 75.0 cm³/mol. The van der Waals surface area contributed by atoms with Crippen molar-refractivity contribution >= 4 is 17.8 Å². The molecule has 0 spiro atoms. The van der Waals surface area contributed by atoms with Crippen molar-refractivity contribution in [3.05, 3.63) is 70.2 Å². The van der Waals surface area contributed by atoms with E-state index in [2.05, 4.69) is 11.2 Å². The van der Waals surface area contributed by atoms with E-state index >= 15 is 0 Å². The minimum absolute atomic E-state index is 0.333. The largest absolute Gasteiger partial charge is 0.391 e. The van der Waals surface area contributed by atoms with Crippen LogP contribution in [0.4, 0.5) is 0 Å². The third-order valence-corrected chi connectivity index (χ3v) is 2.69. The molecule has 0 saturated heterocycles. The summed E-state index contributed by atoms with van der Waals surface area (Å²) in [5.41, 5.74) is 2.44. The smallest absolute Gasteiger partial charge is 0.142 e. The first-order valence-electron chi connectivity index (χ1n) is 5.68. The van der Waals surface area contributed by atoms with Crippen molar-refractivity contribution in [2.24, 2.45) is 5.16 Å². The summed E-state index contributed by atoms with van der Waals surface area (Å²) in [5, 5.41) is 13.3. The number of nitrogens with zero attached hydrogens (tertiary/aromatic N) is 2. The van der Waals surface area contributed by atoms with Crippen molar-refractivity contribution in [2.75, 3.05) is 0 Å². The van der Waals surface area contributed by atoms with Gasteiger partial charge >= 0.3 is 0 Å². The molecule has 0 unspecified atom stereocenters. The summed E-state index contributed by atoms with van der Waals surface area (Å²) in [6.07, 6.45) is 1.62. The van der Waals surface area contributed by atoms with E-state index in [0.717, 1.165) is 11.1 Å². The Morgan fingerprint density at radius 3 is 2.74 bits per heavy atom. The zero-order valence-corrected chi connectivity index (χ0v) is 10.8. The molecule has 0 aliphatic heterocycles. The van der Waals surface area contributed by atoms with Gasteiger partial charge in [-0.05, 0) is 35.4 Å². The molecule has 0 aromatic heterocycles. The quantitative estimate of drug-likeness (QED) is 0.627. The van der Waals surface area contributed by atoms with Crippen molar-refractivity contribution in [1.82, 2.24) is 0 Å². The van der Waals surface area contributed by atoms with E-state index in [9.17, 15) is 0 Å². The van der Waals surface area contributed by atoms with Crippen LogP contribution in [-0.4, -0.2) is 6.21 Å². The van der Waals surface area contributed by atoms with Gasteiger partial charge in [-0.1, -0.05) is 41.0 Å². The number of nitriles is 1. The summed E-state index contributed by atoms with van der Waals surface area (Å²) in [5.74, 6) is 0. The Labute approximate surface area is 116 Å². The van der Waals surface area contributed by atoms with Gasteiger partial charge in [0, 0.05) is 5.02 Å². The highest BCUT2D eigenvalue weighted by molar-refractivity contribution is 6.30. The SMILES string of the molecule is N#Cc1cccc(CON=Cc2ccc(Cl)cc2)c1. The Morgan fingerprint density at radius 1 is 1.21 bits per heavy atom. The van der Waals surface area contributed by atoms with Crippen LogP contribution in [0, 0.1) is 11.3 Å². The first-order valence-corrected chi connectivity index (χ1v) is 6.05. The zero-order valence-electron chi connectivity index (χ0n) is 10.1. The van der Waals surface area contributed by atoms with E-state index in [4.69, 9.17) is 21.7 Å². The third-order valence-electron chi connectivity index (χ3n) is 2.43. The van der Waals surface area contributed by atoms with Crippen LogP contribution >= 0.6 is 11.6 Å². The molecule has 0 N–H and O–H groups in total. The normalized spacial score (nSPS) is 10.3. The van der Waals surface area contributed by atoms with Crippen molar-refractivity contribution in [3.63, 3.8) is 0 Å². The van der Waals surface area contributed by atoms with Crippen LogP contribution in [0.25, 0.3) is 0 Å². The van der Waals surface area contributed by atoms with E-state index in [1.165, 1.54) is 0 Å². The van der Waals surface area contributed by atoms with E-state index in [0.29, 0.717) is 17.2 Å². The highest BCUT2D eigenvalue weighted by Gasteiger charge is 1.95. The average Bonchev–Trinajstić information content (AvgIpc) is 2.46. The number of hydrogen-bond acceptors (Lipinski definition) is 3. The molecule has 0 saturated carbocycles. The molecule has 0 atom stereocenters. The van der Waals surface area contributed by atoms with Crippen molar-refractivity contribution in [2.45, 2.75) is 6.61 Å². The monoisotopic (exact) mass is 270 g/mol. The Kier molecular flexibility index (Phi) is 4.54. The Balaban J connectivity index is 1.89. The maximum Gasteiger partial charge on any atom is 0.142 e. The molecule has 0 radical (unpaired) electrons. The van der Waals surface area contributed by atoms with Crippen LogP contribution in [0.5, 0.6) is 0 Å². The van der Waals surface area contributed by atoms with Gasteiger partial charge in [0.25, 0.3) is 0 Å². The molecule has 94 valence electrons. The van der Waals surface area contributed by atoms with Crippen molar-refractivity contribution < 1.29 is 4.84 Å². The molecular weight excluding hydrogens is 260 g/mol. The summed E-state index contributed by atoms with van der Waals surface area (Å²) in [4.78, 5) is 5.18. The molecule has 0 bridgehead atoms. The van der Waals surface area contributed by atoms with Crippen LogP contribution in [0.2, 0.25) is 5.02 Å². The lowest BCUT2D eigenvalue weighted by atomic mass is 10.1. The molecule has 0 heterocycles. The van der Waals surface area contributed by atoms with Crippen molar-refractivity contribution in [1.29, 1.82) is 5.26 Å². The Bertz CT molecular complexity index is 615. The predicted octanol–water partition coefficient (Wildman–Crippen LogP) is 3.76. The van der Waals surface area contributed by atoms with E-state index in [1.807, 2.05) is 24.3 Å². The molecule has 0 aliphatic rings. The van der Waals surface area contributed by atoms with E-state index in [-0.39, 0.29) is 0 Å². The van der Waals surface area contributed by atoms with Gasteiger partial charge in [-0.15, -0.1) is 0 Å². The van der Waals surface area contributed by atoms with Crippen molar-refractivity contribution in [3.8, 4) is 6.07 Å².